The Bertz CT molecular complexity index is 598. The van der Waals surface area contributed by atoms with Gasteiger partial charge in [0.05, 0.1) is 10.9 Å². The Morgan fingerprint density at radius 3 is 3.13 bits per heavy atom. The number of hydrogen-bond acceptors (Lipinski definition) is 2. The summed E-state index contributed by atoms with van der Waals surface area (Å²) in [4.78, 5) is 16.7. The molecule has 0 aliphatic carbocycles. The van der Waals surface area contributed by atoms with Crippen LogP contribution in [0.25, 0.3) is 10.9 Å². The Morgan fingerprint density at radius 2 is 2.27 bits per heavy atom. The molecule has 1 aliphatic heterocycles. The van der Waals surface area contributed by atoms with E-state index in [0.29, 0.717) is 0 Å². The van der Waals surface area contributed by atoms with Gasteiger partial charge in [0.1, 0.15) is 5.82 Å². The highest BCUT2D eigenvalue weighted by molar-refractivity contribution is 5.81. The summed E-state index contributed by atoms with van der Waals surface area (Å²) in [5.41, 5.74) is 1.99. The van der Waals surface area contributed by atoms with Crippen LogP contribution in [0.4, 0.5) is 0 Å². The van der Waals surface area contributed by atoms with E-state index in [-0.39, 0.29) is 5.56 Å². The van der Waals surface area contributed by atoms with Gasteiger partial charge in [0.2, 0.25) is 0 Å². The molecule has 15 heavy (non-hydrogen) atoms. The van der Waals surface area contributed by atoms with E-state index in [4.69, 9.17) is 0 Å². The van der Waals surface area contributed by atoms with Crippen molar-refractivity contribution in [3.63, 3.8) is 0 Å². The van der Waals surface area contributed by atoms with Gasteiger partial charge in [-0.2, -0.15) is 0 Å². The summed E-state index contributed by atoms with van der Waals surface area (Å²) >= 11 is 0. The maximum Gasteiger partial charge on any atom is 0.261 e. The van der Waals surface area contributed by atoms with Gasteiger partial charge in [-0.1, -0.05) is 12.1 Å². The van der Waals surface area contributed by atoms with Crippen molar-refractivity contribution >= 4 is 10.9 Å². The van der Waals surface area contributed by atoms with E-state index in [1.807, 2.05) is 29.7 Å². The predicted molar refractivity (Wildman–Crippen MR) is 59.1 cm³/mol. The van der Waals surface area contributed by atoms with Crippen LogP contribution in [-0.2, 0) is 13.0 Å². The lowest BCUT2D eigenvalue weighted by Gasteiger charge is -2.06. The summed E-state index contributed by atoms with van der Waals surface area (Å²) in [6, 6.07) is 5.84. The molecule has 0 saturated heterocycles. The van der Waals surface area contributed by atoms with Crippen LogP contribution in [0.3, 0.4) is 0 Å². The number of hydrogen-bond donors (Lipinski definition) is 0. The van der Waals surface area contributed by atoms with Gasteiger partial charge in [-0.15, -0.1) is 0 Å². The van der Waals surface area contributed by atoms with Crippen molar-refractivity contribution in [3.8, 4) is 0 Å². The van der Waals surface area contributed by atoms with Crippen LogP contribution in [0, 0.1) is 6.92 Å². The van der Waals surface area contributed by atoms with Crippen LogP contribution in [-0.4, -0.2) is 9.55 Å². The minimum absolute atomic E-state index is 0.130. The van der Waals surface area contributed by atoms with Crippen molar-refractivity contribution in [1.29, 1.82) is 0 Å². The van der Waals surface area contributed by atoms with Crippen LogP contribution in [0.1, 0.15) is 17.8 Å². The molecule has 0 unspecified atom stereocenters. The lowest BCUT2D eigenvalue weighted by molar-refractivity contribution is 0.719. The second kappa shape index (κ2) is 2.92. The predicted octanol–water partition coefficient (Wildman–Crippen LogP) is 1.65. The van der Waals surface area contributed by atoms with Crippen LogP contribution in [0.15, 0.2) is 23.0 Å². The molecule has 3 rings (SSSR count). The van der Waals surface area contributed by atoms with Gasteiger partial charge in [0, 0.05) is 13.0 Å². The second-order valence-electron chi connectivity index (χ2n) is 4.06. The number of rotatable bonds is 0. The first kappa shape index (κ1) is 8.65. The molecule has 0 bridgehead atoms. The van der Waals surface area contributed by atoms with E-state index in [9.17, 15) is 4.79 Å². The van der Waals surface area contributed by atoms with Crippen molar-refractivity contribution < 1.29 is 0 Å². The van der Waals surface area contributed by atoms with E-state index < -0.39 is 0 Å². The molecule has 0 N–H and O–H groups in total. The molecule has 3 nitrogen and oxygen atoms in total. The van der Waals surface area contributed by atoms with Crippen molar-refractivity contribution in [2.75, 3.05) is 0 Å². The molecular formula is C12H12N2O. The Morgan fingerprint density at radius 1 is 1.40 bits per heavy atom. The number of aromatic nitrogens is 2. The summed E-state index contributed by atoms with van der Waals surface area (Å²) in [5.74, 6) is 0.943. The number of fused-ring (bicyclic) bond motifs is 2. The largest absolute Gasteiger partial charge is 0.296 e. The third kappa shape index (κ3) is 1.12. The number of nitrogens with zero attached hydrogens (tertiary/aromatic N) is 2. The van der Waals surface area contributed by atoms with Gasteiger partial charge < -0.3 is 0 Å². The van der Waals surface area contributed by atoms with Gasteiger partial charge in [-0.05, 0) is 25.0 Å². The van der Waals surface area contributed by atoms with Crippen molar-refractivity contribution in [2.24, 2.45) is 0 Å². The number of benzene rings is 1. The monoisotopic (exact) mass is 200 g/mol. The Kier molecular flexibility index (Phi) is 1.69. The molecule has 76 valence electrons. The van der Waals surface area contributed by atoms with E-state index in [2.05, 4.69) is 4.98 Å². The first-order valence-corrected chi connectivity index (χ1v) is 5.26. The molecular weight excluding hydrogens is 188 g/mol. The van der Waals surface area contributed by atoms with E-state index in [1.54, 1.807) is 0 Å². The normalized spacial score (nSPS) is 14.5. The Balaban J connectivity index is 2.53. The van der Waals surface area contributed by atoms with E-state index in [1.165, 1.54) is 0 Å². The summed E-state index contributed by atoms with van der Waals surface area (Å²) in [5, 5.41) is 0.781. The fourth-order valence-corrected chi connectivity index (χ4v) is 2.29. The molecule has 2 heterocycles. The maximum absolute atomic E-state index is 12.2. The fourth-order valence-electron chi connectivity index (χ4n) is 2.29. The molecule has 0 spiro atoms. The van der Waals surface area contributed by atoms with Gasteiger partial charge in [0.25, 0.3) is 5.56 Å². The quantitative estimate of drug-likeness (QED) is 0.648. The fraction of sp³-hybridized carbons (Fsp3) is 0.333. The zero-order chi connectivity index (χ0) is 10.4. The molecule has 1 aromatic heterocycles. The van der Waals surface area contributed by atoms with Crippen LogP contribution < -0.4 is 5.56 Å². The molecule has 0 fully saturated rings. The summed E-state index contributed by atoms with van der Waals surface area (Å²) in [7, 11) is 0. The summed E-state index contributed by atoms with van der Waals surface area (Å²) in [6.45, 7) is 2.79. The standard InChI is InChI=1S/C12H12N2O/c1-8-4-2-5-9-11(8)12(15)14-7-3-6-10(14)13-9/h2,4-5H,3,6-7H2,1H3. The van der Waals surface area contributed by atoms with Gasteiger partial charge >= 0.3 is 0 Å². The average molecular weight is 200 g/mol. The first-order valence-electron chi connectivity index (χ1n) is 5.26. The maximum atomic E-state index is 12.2. The second-order valence-corrected chi connectivity index (χ2v) is 4.06. The molecule has 1 aromatic carbocycles. The number of aryl methyl sites for hydroxylation is 2. The zero-order valence-electron chi connectivity index (χ0n) is 8.66. The van der Waals surface area contributed by atoms with Crippen LogP contribution in [0.2, 0.25) is 0 Å². The lowest BCUT2D eigenvalue weighted by Crippen LogP contribution is -2.21. The molecule has 0 radical (unpaired) electrons. The molecule has 0 amide bonds. The van der Waals surface area contributed by atoms with Crippen molar-refractivity contribution in [2.45, 2.75) is 26.3 Å². The Hall–Kier alpha value is -1.64. The highest BCUT2D eigenvalue weighted by Crippen LogP contribution is 2.16. The van der Waals surface area contributed by atoms with Gasteiger partial charge in [-0.3, -0.25) is 9.36 Å². The third-order valence-corrected chi connectivity index (χ3v) is 3.05. The molecule has 3 heteroatoms. The minimum atomic E-state index is 0.130. The van der Waals surface area contributed by atoms with Gasteiger partial charge in [-0.25, -0.2) is 4.98 Å². The molecule has 2 aromatic rings. The average Bonchev–Trinajstić information content (AvgIpc) is 2.66. The smallest absolute Gasteiger partial charge is 0.261 e. The topological polar surface area (TPSA) is 34.9 Å². The zero-order valence-corrected chi connectivity index (χ0v) is 8.66. The van der Waals surface area contributed by atoms with Crippen molar-refractivity contribution in [3.05, 3.63) is 39.9 Å². The van der Waals surface area contributed by atoms with E-state index in [0.717, 1.165) is 41.7 Å². The summed E-state index contributed by atoms with van der Waals surface area (Å²) in [6.07, 6.45) is 1.97. The SMILES string of the molecule is Cc1cccc2nc3n(c(=O)c12)CCC3. The Labute approximate surface area is 87.4 Å². The van der Waals surface area contributed by atoms with Crippen LogP contribution in [0.5, 0.6) is 0 Å². The van der Waals surface area contributed by atoms with Gasteiger partial charge in [0.15, 0.2) is 0 Å². The molecule has 1 aliphatic rings. The highest BCUT2D eigenvalue weighted by Gasteiger charge is 2.16. The van der Waals surface area contributed by atoms with Crippen molar-refractivity contribution in [1.82, 2.24) is 9.55 Å². The summed E-state index contributed by atoms with van der Waals surface area (Å²) < 4.78 is 1.81. The first-order chi connectivity index (χ1) is 7.27. The minimum Gasteiger partial charge on any atom is -0.296 e. The lowest BCUT2D eigenvalue weighted by atomic mass is 10.1. The molecule has 0 saturated carbocycles. The highest BCUT2D eigenvalue weighted by atomic mass is 16.1. The van der Waals surface area contributed by atoms with E-state index >= 15 is 0 Å². The van der Waals surface area contributed by atoms with Crippen LogP contribution >= 0.6 is 0 Å². The third-order valence-electron chi connectivity index (χ3n) is 3.05. The molecule has 0 atom stereocenters.